The molecule has 1 aromatic heterocycles. The molecule has 96 valence electrons. The van der Waals surface area contributed by atoms with E-state index < -0.39 is 10.0 Å². The second-order valence-electron chi connectivity index (χ2n) is 3.34. The second-order valence-corrected chi connectivity index (χ2v) is 6.42. The predicted molar refractivity (Wildman–Crippen MR) is 69.6 cm³/mol. The first-order valence-corrected chi connectivity index (χ1v) is 7.28. The summed E-state index contributed by atoms with van der Waals surface area (Å²) < 4.78 is 30.9. The smallest absolute Gasteiger partial charge is 0.252 e. The van der Waals surface area contributed by atoms with E-state index in [1.165, 1.54) is 17.5 Å². The fourth-order valence-electron chi connectivity index (χ4n) is 1.24. The summed E-state index contributed by atoms with van der Waals surface area (Å²) in [6, 6.07) is 1.46. The summed E-state index contributed by atoms with van der Waals surface area (Å²) in [5, 5.41) is 1.61. The minimum absolute atomic E-state index is 0.243. The number of nitrogens with zero attached hydrogens (tertiary/aromatic N) is 1. The number of hydrogen-bond acceptors (Lipinski definition) is 5. The fourth-order valence-corrected chi connectivity index (χ4v) is 3.87. The number of hydrogen-bond donors (Lipinski definition) is 1. The first kappa shape index (κ1) is 14.2. The lowest BCUT2D eigenvalue weighted by molar-refractivity contribution is 0.182. The van der Waals surface area contributed by atoms with E-state index >= 15 is 0 Å². The van der Waals surface area contributed by atoms with Gasteiger partial charge in [-0.05, 0) is 6.07 Å². The number of ether oxygens (including phenoxy) is 1. The highest BCUT2D eigenvalue weighted by atomic mass is 32.2. The highest BCUT2D eigenvalue weighted by molar-refractivity contribution is 7.91. The third kappa shape index (κ3) is 3.53. The topological polar surface area (TPSA) is 72.6 Å². The van der Waals surface area contributed by atoms with E-state index in [0.717, 1.165) is 11.3 Å². The molecule has 0 aromatic carbocycles. The molecule has 0 aliphatic rings. The predicted octanol–water partition coefficient (Wildman–Crippen LogP) is 1.15. The molecule has 1 aromatic rings. The Labute approximate surface area is 106 Å². The highest BCUT2D eigenvalue weighted by Gasteiger charge is 2.24. The Morgan fingerprint density at radius 1 is 1.65 bits per heavy atom. The normalized spacial score (nSPS) is 11.9. The van der Waals surface area contributed by atoms with Crippen molar-refractivity contribution in [3.8, 4) is 0 Å². The number of sulfonamides is 1. The zero-order valence-electron chi connectivity index (χ0n) is 9.63. The Morgan fingerprint density at radius 2 is 2.35 bits per heavy atom. The van der Waals surface area contributed by atoms with E-state index in [2.05, 4.69) is 6.58 Å². The molecule has 0 fully saturated rings. The van der Waals surface area contributed by atoms with Crippen molar-refractivity contribution in [3.63, 3.8) is 0 Å². The minimum atomic E-state index is -3.49. The van der Waals surface area contributed by atoms with E-state index in [0.29, 0.717) is 18.8 Å². The van der Waals surface area contributed by atoms with Gasteiger partial charge in [0, 0.05) is 31.3 Å². The number of nitrogens with two attached hydrogens (primary N) is 1. The summed E-state index contributed by atoms with van der Waals surface area (Å²) in [5.74, 6) is 0. The maximum absolute atomic E-state index is 12.2. The maximum Gasteiger partial charge on any atom is 0.252 e. The molecule has 0 aliphatic heterocycles. The quantitative estimate of drug-likeness (QED) is 0.758. The maximum atomic E-state index is 12.2. The van der Waals surface area contributed by atoms with Crippen LogP contribution in [0, 0.1) is 0 Å². The minimum Gasteiger partial charge on any atom is -0.398 e. The van der Waals surface area contributed by atoms with Gasteiger partial charge in [-0.25, -0.2) is 8.42 Å². The average Bonchev–Trinajstić information content (AvgIpc) is 2.71. The fraction of sp³-hybridized carbons (Fsp3) is 0.400. The zero-order valence-corrected chi connectivity index (χ0v) is 11.3. The van der Waals surface area contributed by atoms with Crippen molar-refractivity contribution in [1.29, 1.82) is 0 Å². The van der Waals surface area contributed by atoms with E-state index in [1.54, 1.807) is 11.5 Å². The van der Waals surface area contributed by atoms with Crippen molar-refractivity contribution in [2.24, 2.45) is 0 Å². The van der Waals surface area contributed by atoms with Crippen LogP contribution in [0.1, 0.15) is 0 Å². The van der Waals surface area contributed by atoms with Crippen molar-refractivity contribution in [2.45, 2.75) is 4.21 Å². The summed E-state index contributed by atoms with van der Waals surface area (Å²) in [6.45, 7) is 4.44. The van der Waals surface area contributed by atoms with Crippen LogP contribution in [-0.2, 0) is 14.8 Å². The lowest BCUT2D eigenvalue weighted by atomic mass is 10.6. The Kier molecular flexibility index (Phi) is 5.13. The zero-order chi connectivity index (χ0) is 12.9. The van der Waals surface area contributed by atoms with Crippen LogP contribution in [0.4, 0.5) is 5.69 Å². The van der Waals surface area contributed by atoms with E-state index in [9.17, 15) is 8.42 Å². The van der Waals surface area contributed by atoms with Gasteiger partial charge in [0.15, 0.2) is 0 Å². The molecule has 1 rings (SSSR count). The molecule has 0 aliphatic carbocycles. The molecule has 0 bridgehead atoms. The Balaban J connectivity index is 2.95. The highest BCUT2D eigenvalue weighted by Crippen LogP contribution is 2.24. The van der Waals surface area contributed by atoms with Crippen molar-refractivity contribution < 1.29 is 13.2 Å². The van der Waals surface area contributed by atoms with Crippen molar-refractivity contribution in [2.75, 3.05) is 32.5 Å². The van der Waals surface area contributed by atoms with Gasteiger partial charge >= 0.3 is 0 Å². The molecular formula is C10H16N2O3S2. The lowest BCUT2D eigenvalue weighted by Gasteiger charge is -2.19. The molecule has 0 radical (unpaired) electrons. The largest absolute Gasteiger partial charge is 0.398 e. The van der Waals surface area contributed by atoms with Gasteiger partial charge in [-0.1, -0.05) is 6.08 Å². The number of thiophene rings is 1. The lowest BCUT2D eigenvalue weighted by Crippen LogP contribution is -2.33. The van der Waals surface area contributed by atoms with Crippen LogP contribution >= 0.6 is 11.3 Å². The van der Waals surface area contributed by atoms with Gasteiger partial charge < -0.3 is 10.5 Å². The first-order valence-electron chi connectivity index (χ1n) is 4.96. The van der Waals surface area contributed by atoms with Gasteiger partial charge in [-0.15, -0.1) is 17.9 Å². The van der Waals surface area contributed by atoms with Gasteiger partial charge in [-0.2, -0.15) is 4.31 Å². The Hall–Kier alpha value is -0.890. The molecule has 0 atom stereocenters. The molecule has 0 spiro atoms. The Bertz CT molecular complexity index is 468. The average molecular weight is 276 g/mol. The summed E-state index contributed by atoms with van der Waals surface area (Å²) >= 11 is 1.11. The molecule has 0 saturated carbocycles. The van der Waals surface area contributed by atoms with E-state index in [1.807, 2.05) is 0 Å². The van der Waals surface area contributed by atoms with Gasteiger partial charge in [0.2, 0.25) is 0 Å². The standard InChI is InChI=1S/C10H16N2O3S2/c1-3-4-12(5-6-15-2)17(13,14)10-7-9(11)8-16-10/h3,7-8H,1,4-6,11H2,2H3. The van der Waals surface area contributed by atoms with Crippen LogP contribution in [-0.4, -0.2) is 39.5 Å². The third-order valence-corrected chi connectivity index (χ3v) is 5.37. The van der Waals surface area contributed by atoms with Gasteiger partial charge in [0.25, 0.3) is 10.0 Å². The van der Waals surface area contributed by atoms with Gasteiger partial charge in [-0.3, -0.25) is 0 Å². The summed E-state index contributed by atoms with van der Waals surface area (Å²) in [7, 11) is -1.96. The molecular weight excluding hydrogens is 260 g/mol. The van der Waals surface area contributed by atoms with Crippen LogP contribution < -0.4 is 5.73 Å². The molecule has 2 N–H and O–H groups in total. The number of anilines is 1. The monoisotopic (exact) mass is 276 g/mol. The molecule has 0 saturated heterocycles. The number of nitrogen functional groups attached to an aromatic ring is 1. The SMILES string of the molecule is C=CCN(CCOC)S(=O)(=O)c1cc(N)cs1. The number of rotatable bonds is 7. The van der Waals surface area contributed by atoms with E-state index in [-0.39, 0.29) is 10.8 Å². The summed E-state index contributed by atoms with van der Waals surface area (Å²) in [4.78, 5) is 0. The molecule has 7 heteroatoms. The van der Waals surface area contributed by atoms with Crippen LogP contribution in [0.3, 0.4) is 0 Å². The first-order chi connectivity index (χ1) is 8.02. The molecule has 17 heavy (non-hydrogen) atoms. The number of methoxy groups -OCH3 is 1. The van der Waals surface area contributed by atoms with Crippen molar-refractivity contribution >= 4 is 27.0 Å². The Morgan fingerprint density at radius 3 is 2.82 bits per heavy atom. The summed E-state index contributed by atoms with van der Waals surface area (Å²) in [6.07, 6.45) is 1.55. The van der Waals surface area contributed by atoms with Gasteiger partial charge in [0.1, 0.15) is 4.21 Å². The molecule has 5 nitrogen and oxygen atoms in total. The van der Waals surface area contributed by atoms with Crippen LogP contribution in [0.2, 0.25) is 0 Å². The van der Waals surface area contributed by atoms with Crippen molar-refractivity contribution in [1.82, 2.24) is 4.31 Å². The van der Waals surface area contributed by atoms with Crippen LogP contribution in [0.15, 0.2) is 28.3 Å². The van der Waals surface area contributed by atoms with E-state index in [4.69, 9.17) is 10.5 Å². The summed E-state index contributed by atoms with van der Waals surface area (Å²) in [5.41, 5.74) is 5.99. The second kappa shape index (κ2) is 6.15. The van der Waals surface area contributed by atoms with Crippen LogP contribution in [0.5, 0.6) is 0 Å². The molecule has 0 amide bonds. The van der Waals surface area contributed by atoms with Crippen LogP contribution in [0.25, 0.3) is 0 Å². The van der Waals surface area contributed by atoms with Gasteiger partial charge in [0.05, 0.1) is 6.61 Å². The molecule has 1 heterocycles. The third-order valence-electron chi connectivity index (χ3n) is 2.07. The molecule has 0 unspecified atom stereocenters. The van der Waals surface area contributed by atoms with Crippen molar-refractivity contribution in [3.05, 3.63) is 24.1 Å².